The van der Waals surface area contributed by atoms with Gasteiger partial charge in [0.1, 0.15) is 0 Å². The summed E-state index contributed by atoms with van der Waals surface area (Å²) in [6.45, 7) is 0. The van der Waals surface area contributed by atoms with Gasteiger partial charge in [0.15, 0.2) is 0 Å². The van der Waals surface area contributed by atoms with Crippen molar-refractivity contribution >= 4 is 58.6 Å². The molecule has 20 heavy (non-hydrogen) atoms. The molecule has 0 spiro atoms. The Bertz CT molecular complexity index is 654. The van der Waals surface area contributed by atoms with Crippen molar-refractivity contribution in [2.75, 3.05) is 0 Å². The highest BCUT2D eigenvalue weighted by molar-refractivity contribution is 6.46. The minimum Gasteiger partial charge on any atom is -0.0843 e. The Hall–Kier alpha value is -0.920. The molecule has 0 fully saturated rings. The van der Waals surface area contributed by atoms with E-state index in [1.54, 1.807) is 30.4 Å². The van der Waals surface area contributed by atoms with Gasteiger partial charge in [-0.2, -0.15) is 0 Å². The van der Waals surface area contributed by atoms with E-state index in [0.29, 0.717) is 20.1 Å². The van der Waals surface area contributed by atoms with Crippen LogP contribution in [0.2, 0.25) is 10.0 Å². The van der Waals surface area contributed by atoms with Gasteiger partial charge in [0.05, 0.1) is 10.1 Å². The molecular weight excluding hydrogens is 334 g/mol. The molecule has 0 N–H and O–H groups in total. The molecule has 0 amide bonds. The van der Waals surface area contributed by atoms with E-state index in [9.17, 15) is 0 Å². The van der Waals surface area contributed by atoms with Crippen molar-refractivity contribution in [1.82, 2.24) is 0 Å². The zero-order valence-electron chi connectivity index (χ0n) is 10.3. The third-order valence-corrected chi connectivity index (χ3v) is 3.90. The highest BCUT2D eigenvalue weighted by Gasteiger charge is 2.02. The number of benzene rings is 2. The molecule has 2 rings (SSSR count). The van der Waals surface area contributed by atoms with Crippen molar-refractivity contribution in [2.24, 2.45) is 0 Å². The van der Waals surface area contributed by atoms with Gasteiger partial charge >= 0.3 is 0 Å². The number of allylic oxidation sites excluding steroid dienone is 2. The second-order valence-corrected chi connectivity index (χ2v) is 5.72. The summed E-state index contributed by atoms with van der Waals surface area (Å²) in [7, 11) is 0. The van der Waals surface area contributed by atoms with Gasteiger partial charge in [-0.15, -0.1) is 0 Å². The Balaban J connectivity index is 2.26. The second-order valence-electron chi connectivity index (χ2n) is 4.06. The molecule has 0 heterocycles. The Morgan fingerprint density at radius 2 is 1.35 bits per heavy atom. The number of halogens is 4. The van der Waals surface area contributed by atoms with E-state index >= 15 is 0 Å². The van der Waals surface area contributed by atoms with Crippen molar-refractivity contribution in [1.29, 1.82) is 0 Å². The van der Waals surface area contributed by atoms with Gasteiger partial charge in [-0.1, -0.05) is 76.7 Å². The lowest BCUT2D eigenvalue weighted by Crippen LogP contribution is -1.79. The van der Waals surface area contributed by atoms with Gasteiger partial charge in [0, 0.05) is 10.0 Å². The molecule has 0 bridgehead atoms. The standard InChI is InChI=1S/C16H10Cl4/c17-13-7-5-11(6-8-13)9-15(19)16(20)10-12-3-1-2-4-14(12)18/h1-10H. The minimum absolute atomic E-state index is 0.426. The van der Waals surface area contributed by atoms with Gasteiger partial charge in [0.25, 0.3) is 0 Å². The number of rotatable bonds is 3. The van der Waals surface area contributed by atoms with Crippen molar-refractivity contribution in [3.63, 3.8) is 0 Å². The topological polar surface area (TPSA) is 0 Å². The van der Waals surface area contributed by atoms with Crippen molar-refractivity contribution in [3.8, 4) is 0 Å². The molecule has 0 atom stereocenters. The van der Waals surface area contributed by atoms with E-state index in [4.69, 9.17) is 46.4 Å². The normalized spacial score (nSPS) is 12.6. The van der Waals surface area contributed by atoms with E-state index in [1.165, 1.54) is 0 Å². The fourth-order valence-electron chi connectivity index (χ4n) is 1.57. The lowest BCUT2D eigenvalue weighted by atomic mass is 10.2. The van der Waals surface area contributed by atoms with Crippen LogP contribution in [-0.4, -0.2) is 0 Å². The molecule has 0 unspecified atom stereocenters. The quantitative estimate of drug-likeness (QED) is 0.534. The second kappa shape index (κ2) is 7.19. The monoisotopic (exact) mass is 342 g/mol. The van der Waals surface area contributed by atoms with E-state index < -0.39 is 0 Å². The summed E-state index contributed by atoms with van der Waals surface area (Å²) >= 11 is 24.3. The summed E-state index contributed by atoms with van der Waals surface area (Å²) in [6, 6.07) is 14.7. The first-order valence-corrected chi connectivity index (χ1v) is 7.32. The van der Waals surface area contributed by atoms with Crippen LogP contribution in [0.5, 0.6) is 0 Å². The van der Waals surface area contributed by atoms with Crippen LogP contribution in [0.15, 0.2) is 58.6 Å². The Morgan fingerprint density at radius 3 is 2.00 bits per heavy atom. The predicted molar refractivity (Wildman–Crippen MR) is 90.6 cm³/mol. The van der Waals surface area contributed by atoms with E-state index in [-0.39, 0.29) is 0 Å². The molecule has 0 aromatic heterocycles. The molecule has 0 radical (unpaired) electrons. The largest absolute Gasteiger partial charge is 0.0843 e. The van der Waals surface area contributed by atoms with Gasteiger partial charge in [-0.25, -0.2) is 0 Å². The van der Waals surface area contributed by atoms with Crippen LogP contribution in [0.3, 0.4) is 0 Å². The minimum atomic E-state index is 0.426. The van der Waals surface area contributed by atoms with Crippen molar-refractivity contribution in [2.45, 2.75) is 0 Å². The maximum absolute atomic E-state index is 6.20. The summed E-state index contributed by atoms with van der Waals surface area (Å²) in [5.74, 6) is 0. The SMILES string of the molecule is ClC(=Cc1ccc(Cl)cc1)C(Cl)=Cc1ccccc1Cl. The molecule has 0 aliphatic carbocycles. The number of hydrogen-bond acceptors (Lipinski definition) is 0. The van der Waals surface area contributed by atoms with Gasteiger partial charge in [0.2, 0.25) is 0 Å². The molecule has 0 saturated heterocycles. The lowest BCUT2D eigenvalue weighted by molar-refractivity contribution is 1.64. The maximum Gasteiger partial charge on any atom is 0.0599 e. The first-order valence-electron chi connectivity index (χ1n) is 5.81. The number of hydrogen-bond donors (Lipinski definition) is 0. The fourth-order valence-corrected chi connectivity index (χ4v) is 2.24. The lowest BCUT2D eigenvalue weighted by Gasteiger charge is -2.01. The molecule has 2 aromatic carbocycles. The summed E-state index contributed by atoms with van der Waals surface area (Å²) < 4.78 is 0. The summed E-state index contributed by atoms with van der Waals surface area (Å²) in [5.41, 5.74) is 1.74. The van der Waals surface area contributed by atoms with Gasteiger partial charge < -0.3 is 0 Å². The van der Waals surface area contributed by atoms with Crippen molar-refractivity contribution in [3.05, 3.63) is 79.8 Å². The Morgan fingerprint density at radius 1 is 0.750 bits per heavy atom. The zero-order valence-corrected chi connectivity index (χ0v) is 13.3. The van der Waals surface area contributed by atoms with Crippen LogP contribution in [0.4, 0.5) is 0 Å². The highest BCUT2D eigenvalue weighted by Crippen LogP contribution is 2.27. The van der Waals surface area contributed by atoms with Gasteiger partial charge in [-0.05, 0) is 41.5 Å². The Kier molecular flexibility index (Phi) is 5.56. The van der Waals surface area contributed by atoms with Crippen LogP contribution in [0, 0.1) is 0 Å². The first-order chi connectivity index (χ1) is 9.56. The van der Waals surface area contributed by atoms with Crippen molar-refractivity contribution < 1.29 is 0 Å². The third kappa shape index (κ3) is 4.29. The molecule has 2 aromatic rings. The first kappa shape index (κ1) is 15.5. The van der Waals surface area contributed by atoms with E-state index in [1.807, 2.05) is 30.3 Å². The maximum atomic E-state index is 6.20. The average Bonchev–Trinajstić information content (AvgIpc) is 2.44. The molecular formula is C16H10Cl4. The molecule has 0 nitrogen and oxygen atoms in total. The fraction of sp³-hybridized carbons (Fsp3) is 0. The molecule has 0 aliphatic rings. The van der Waals surface area contributed by atoms with Crippen LogP contribution in [0.1, 0.15) is 11.1 Å². The summed E-state index contributed by atoms with van der Waals surface area (Å²) in [5, 5.41) is 2.17. The highest BCUT2D eigenvalue weighted by atomic mass is 35.5. The zero-order chi connectivity index (χ0) is 14.5. The molecule has 4 heteroatoms. The third-order valence-electron chi connectivity index (χ3n) is 2.58. The van der Waals surface area contributed by atoms with Gasteiger partial charge in [-0.3, -0.25) is 0 Å². The summed E-state index contributed by atoms with van der Waals surface area (Å²) in [6.07, 6.45) is 3.51. The van der Waals surface area contributed by atoms with E-state index in [2.05, 4.69) is 0 Å². The van der Waals surface area contributed by atoms with E-state index in [0.717, 1.165) is 11.1 Å². The predicted octanol–water partition coefficient (Wildman–Crippen LogP) is 6.85. The molecule has 0 aliphatic heterocycles. The molecule has 0 saturated carbocycles. The smallest absolute Gasteiger partial charge is 0.0599 e. The van der Waals surface area contributed by atoms with Crippen LogP contribution in [-0.2, 0) is 0 Å². The summed E-state index contributed by atoms with van der Waals surface area (Å²) in [4.78, 5) is 0. The molecule has 102 valence electrons. The Labute approximate surface area is 138 Å². The van der Waals surface area contributed by atoms with Crippen LogP contribution in [0.25, 0.3) is 12.2 Å². The average molecular weight is 344 g/mol. The van der Waals surface area contributed by atoms with Crippen LogP contribution >= 0.6 is 46.4 Å². The van der Waals surface area contributed by atoms with Crippen LogP contribution < -0.4 is 0 Å².